The lowest BCUT2D eigenvalue weighted by atomic mass is 9.67. The van der Waals surface area contributed by atoms with Crippen LogP contribution in [0.1, 0.15) is 81.1 Å². The van der Waals surface area contributed by atoms with Gasteiger partial charge in [0.2, 0.25) is 0 Å². The fraction of sp³-hybridized carbons (Fsp3) is 1.00. The largest absolute Gasteiger partial charge is 0.311 e. The van der Waals surface area contributed by atoms with Gasteiger partial charge in [-0.15, -0.1) is 0 Å². The van der Waals surface area contributed by atoms with Gasteiger partial charge in [-0.2, -0.15) is 0 Å². The highest BCUT2D eigenvalue weighted by Crippen LogP contribution is 2.38. The fourth-order valence-electron chi connectivity index (χ4n) is 2.37. The maximum Gasteiger partial charge on any atom is 0.0126 e. The average molecular weight is 243 g/mol. The second-order valence-corrected chi connectivity index (χ2v) is 5.13. The van der Waals surface area contributed by atoms with Gasteiger partial charge >= 0.3 is 0 Å². The van der Waals surface area contributed by atoms with Gasteiger partial charge in [0.15, 0.2) is 0 Å². The van der Waals surface area contributed by atoms with Gasteiger partial charge < -0.3 is 5.32 Å². The zero-order valence-corrected chi connectivity index (χ0v) is 13.6. The van der Waals surface area contributed by atoms with E-state index < -0.39 is 0 Å². The van der Waals surface area contributed by atoms with Gasteiger partial charge in [0.25, 0.3) is 0 Å². The van der Waals surface area contributed by atoms with Crippen LogP contribution in [-0.4, -0.2) is 12.1 Å². The molecule has 1 N–H and O–H groups in total. The van der Waals surface area contributed by atoms with E-state index in [2.05, 4.69) is 46.9 Å². The Bertz CT molecular complexity index is 132. The highest BCUT2D eigenvalue weighted by Gasteiger charge is 2.38. The first-order chi connectivity index (χ1) is 8.10. The van der Waals surface area contributed by atoms with Crippen molar-refractivity contribution in [1.82, 2.24) is 5.32 Å². The summed E-state index contributed by atoms with van der Waals surface area (Å²) in [5, 5.41) is 3.68. The SMILES string of the molecule is CC.CCC.CCC1CC(CC)C1NC(C)C. The van der Waals surface area contributed by atoms with Crippen molar-refractivity contribution in [2.45, 2.75) is 93.2 Å². The molecular weight excluding hydrogens is 206 g/mol. The molecule has 1 fully saturated rings. The highest BCUT2D eigenvalue weighted by molar-refractivity contribution is 4.93. The first-order valence-corrected chi connectivity index (χ1v) is 7.86. The monoisotopic (exact) mass is 243 g/mol. The van der Waals surface area contributed by atoms with Gasteiger partial charge in [0.1, 0.15) is 0 Å². The summed E-state index contributed by atoms with van der Waals surface area (Å²) in [7, 11) is 0. The first-order valence-electron chi connectivity index (χ1n) is 7.86. The third-order valence-electron chi connectivity index (χ3n) is 3.20. The number of hydrogen-bond donors (Lipinski definition) is 1. The zero-order chi connectivity index (χ0) is 13.8. The Hall–Kier alpha value is -0.0400. The molecule has 1 aliphatic carbocycles. The van der Waals surface area contributed by atoms with E-state index in [1.807, 2.05) is 13.8 Å². The van der Waals surface area contributed by atoms with Crippen LogP contribution in [0, 0.1) is 11.8 Å². The van der Waals surface area contributed by atoms with Crippen LogP contribution in [0.25, 0.3) is 0 Å². The third kappa shape index (κ3) is 7.81. The second-order valence-electron chi connectivity index (χ2n) is 5.13. The molecule has 0 aromatic heterocycles. The fourth-order valence-corrected chi connectivity index (χ4v) is 2.37. The minimum absolute atomic E-state index is 0.651. The summed E-state index contributed by atoms with van der Waals surface area (Å²) in [6, 6.07) is 1.47. The van der Waals surface area contributed by atoms with E-state index in [4.69, 9.17) is 0 Å². The minimum atomic E-state index is 0.651. The highest BCUT2D eigenvalue weighted by atomic mass is 15.0. The Kier molecular flexibility index (Phi) is 14.1. The van der Waals surface area contributed by atoms with E-state index in [1.165, 1.54) is 25.7 Å². The molecule has 1 heteroatoms. The molecule has 17 heavy (non-hydrogen) atoms. The number of rotatable bonds is 4. The van der Waals surface area contributed by atoms with Crippen molar-refractivity contribution in [3.63, 3.8) is 0 Å². The molecule has 0 amide bonds. The summed E-state index contributed by atoms with van der Waals surface area (Å²) >= 11 is 0. The lowest BCUT2D eigenvalue weighted by Crippen LogP contribution is -2.53. The molecule has 0 saturated heterocycles. The molecule has 0 aromatic carbocycles. The quantitative estimate of drug-likeness (QED) is 0.711. The molecule has 2 atom stereocenters. The summed E-state index contributed by atoms with van der Waals surface area (Å²) in [4.78, 5) is 0. The number of hydrogen-bond acceptors (Lipinski definition) is 1. The third-order valence-corrected chi connectivity index (χ3v) is 3.20. The molecule has 1 saturated carbocycles. The molecule has 0 aliphatic heterocycles. The van der Waals surface area contributed by atoms with Crippen molar-refractivity contribution < 1.29 is 0 Å². The van der Waals surface area contributed by atoms with Gasteiger partial charge in [-0.1, -0.05) is 74.7 Å². The Morgan fingerprint density at radius 3 is 1.53 bits per heavy atom. The topological polar surface area (TPSA) is 12.0 Å². The molecule has 1 aliphatic rings. The van der Waals surface area contributed by atoms with Crippen molar-refractivity contribution in [1.29, 1.82) is 0 Å². The Morgan fingerprint density at radius 1 is 0.941 bits per heavy atom. The summed E-state index contributed by atoms with van der Waals surface area (Å²) in [5.74, 6) is 1.91. The van der Waals surface area contributed by atoms with Crippen molar-refractivity contribution in [3.05, 3.63) is 0 Å². The maximum absolute atomic E-state index is 3.68. The van der Waals surface area contributed by atoms with Crippen LogP contribution < -0.4 is 5.32 Å². The lowest BCUT2D eigenvalue weighted by Gasteiger charge is -2.46. The zero-order valence-electron chi connectivity index (χ0n) is 13.6. The van der Waals surface area contributed by atoms with Crippen molar-refractivity contribution in [2.24, 2.45) is 11.8 Å². The first kappa shape index (κ1) is 19.3. The summed E-state index contributed by atoms with van der Waals surface area (Å²) in [6.45, 7) is 17.4. The Balaban J connectivity index is 0. The van der Waals surface area contributed by atoms with E-state index in [9.17, 15) is 0 Å². The van der Waals surface area contributed by atoms with E-state index in [-0.39, 0.29) is 0 Å². The molecule has 0 radical (unpaired) electrons. The van der Waals surface area contributed by atoms with Crippen molar-refractivity contribution in [3.8, 4) is 0 Å². The lowest BCUT2D eigenvalue weighted by molar-refractivity contribution is 0.0946. The van der Waals surface area contributed by atoms with Crippen molar-refractivity contribution in [2.75, 3.05) is 0 Å². The van der Waals surface area contributed by atoms with Crippen molar-refractivity contribution >= 4 is 0 Å². The van der Waals surface area contributed by atoms with Crippen LogP contribution in [-0.2, 0) is 0 Å². The molecule has 1 nitrogen and oxygen atoms in total. The maximum atomic E-state index is 3.68. The van der Waals surface area contributed by atoms with Crippen LogP contribution in [0.5, 0.6) is 0 Å². The standard InChI is InChI=1S/C11H23N.C3H8.C2H6/c1-5-9-7-10(6-2)11(9)12-8(3)4;1-3-2;1-2/h8-12H,5-7H2,1-4H3;3H2,1-2H3;1-2H3. The van der Waals surface area contributed by atoms with E-state index in [1.54, 1.807) is 0 Å². The predicted octanol–water partition coefficient (Wildman–Crippen LogP) is 5.25. The van der Waals surface area contributed by atoms with E-state index >= 15 is 0 Å². The molecule has 0 heterocycles. The van der Waals surface area contributed by atoms with Gasteiger partial charge in [-0.3, -0.25) is 0 Å². The molecule has 0 spiro atoms. The molecule has 1 rings (SSSR count). The molecule has 106 valence electrons. The van der Waals surface area contributed by atoms with Gasteiger partial charge in [0, 0.05) is 12.1 Å². The normalized spacial score (nSPS) is 26.3. The summed E-state index contributed by atoms with van der Waals surface area (Å²) in [6.07, 6.45) is 5.40. The summed E-state index contributed by atoms with van der Waals surface area (Å²) in [5.41, 5.74) is 0. The minimum Gasteiger partial charge on any atom is -0.311 e. The molecule has 2 unspecified atom stereocenters. The second kappa shape index (κ2) is 12.4. The molecule has 0 bridgehead atoms. The average Bonchev–Trinajstić information content (AvgIpc) is 2.29. The van der Waals surface area contributed by atoms with E-state index in [0.717, 1.165) is 17.9 Å². The Labute approximate surface area is 111 Å². The van der Waals surface area contributed by atoms with Crippen LogP contribution in [0.4, 0.5) is 0 Å². The van der Waals surface area contributed by atoms with Gasteiger partial charge in [-0.25, -0.2) is 0 Å². The molecular formula is C16H37N. The van der Waals surface area contributed by atoms with Crippen LogP contribution >= 0.6 is 0 Å². The van der Waals surface area contributed by atoms with Gasteiger partial charge in [-0.05, 0) is 18.3 Å². The van der Waals surface area contributed by atoms with Crippen LogP contribution in [0.2, 0.25) is 0 Å². The predicted molar refractivity (Wildman–Crippen MR) is 81.6 cm³/mol. The molecule has 0 aromatic rings. The van der Waals surface area contributed by atoms with Crippen LogP contribution in [0.15, 0.2) is 0 Å². The Morgan fingerprint density at radius 2 is 1.29 bits per heavy atom. The summed E-state index contributed by atoms with van der Waals surface area (Å²) < 4.78 is 0. The number of nitrogens with one attached hydrogen (secondary N) is 1. The smallest absolute Gasteiger partial charge is 0.0126 e. The van der Waals surface area contributed by atoms with Gasteiger partial charge in [0.05, 0.1) is 0 Å². The van der Waals surface area contributed by atoms with Crippen LogP contribution in [0.3, 0.4) is 0 Å². The van der Waals surface area contributed by atoms with E-state index in [0.29, 0.717) is 6.04 Å².